The van der Waals surface area contributed by atoms with Crippen LogP contribution in [0.4, 0.5) is 10.1 Å². The van der Waals surface area contributed by atoms with Crippen molar-refractivity contribution in [2.24, 2.45) is 5.41 Å². The quantitative estimate of drug-likeness (QED) is 0.579. The van der Waals surface area contributed by atoms with E-state index in [2.05, 4.69) is 10.2 Å². The summed E-state index contributed by atoms with van der Waals surface area (Å²) in [5.74, 6) is -0.376. The molecule has 178 valence electrons. The molecule has 2 aliphatic rings. The lowest BCUT2D eigenvalue weighted by Gasteiger charge is -2.49. The van der Waals surface area contributed by atoms with Gasteiger partial charge in [-0.25, -0.2) is 17.7 Å². The first-order valence-corrected chi connectivity index (χ1v) is 12.4. The third-order valence-electron chi connectivity index (χ3n) is 6.22. The molecule has 0 bridgehead atoms. The van der Waals surface area contributed by atoms with Gasteiger partial charge in [-0.1, -0.05) is 12.1 Å². The summed E-state index contributed by atoms with van der Waals surface area (Å²) in [5, 5.41) is 12.9. The summed E-state index contributed by atoms with van der Waals surface area (Å²) in [6.45, 7) is 9.43. The zero-order chi connectivity index (χ0) is 24.2. The third kappa shape index (κ3) is 5.06. The van der Waals surface area contributed by atoms with Crippen LogP contribution >= 0.6 is 0 Å². The van der Waals surface area contributed by atoms with Gasteiger partial charge in [-0.2, -0.15) is 9.57 Å². The van der Waals surface area contributed by atoms with Crippen LogP contribution in [0.1, 0.15) is 18.4 Å². The molecule has 2 fully saturated rings. The normalized spacial score (nSPS) is 18.4. The van der Waals surface area contributed by atoms with E-state index in [1.54, 1.807) is 12.1 Å². The van der Waals surface area contributed by atoms with Gasteiger partial charge in [0.1, 0.15) is 17.6 Å². The number of hydrogen-bond donors (Lipinski definition) is 1. The molecule has 10 heteroatoms. The van der Waals surface area contributed by atoms with Crippen molar-refractivity contribution < 1.29 is 22.3 Å². The van der Waals surface area contributed by atoms with Gasteiger partial charge in [0.15, 0.2) is 0 Å². The fourth-order valence-electron chi connectivity index (χ4n) is 4.22. The fourth-order valence-corrected chi connectivity index (χ4v) is 6.02. The highest BCUT2D eigenvalue weighted by atomic mass is 32.2. The summed E-state index contributed by atoms with van der Waals surface area (Å²) in [6, 6.07) is 12.4. The van der Waals surface area contributed by atoms with Gasteiger partial charge >= 0.3 is 0 Å². The highest BCUT2D eigenvalue weighted by molar-refractivity contribution is 7.89. The van der Waals surface area contributed by atoms with E-state index in [-0.39, 0.29) is 47.6 Å². The number of hydrogen-bond acceptors (Lipinski definition) is 6. The van der Waals surface area contributed by atoms with Crippen molar-refractivity contribution in [1.82, 2.24) is 9.62 Å². The molecule has 2 saturated heterocycles. The van der Waals surface area contributed by atoms with Gasteiger partial charge in [0.2, 0.25) is 15.7 Å². The van der Waals surface area contributed by atoms with E-state index in [0.717, 1.165) is 12.8 Å². The first-order valence-electron chi connectivity index (χ1n) is 11.0. The molecule has 0 saturated carbocycles. The van der Waals surface area contributed by atoms with Crippen molar-refractivity contribution in [3.05, 3.63) is 65.3 Å². The summed E-state index contributed by atoms with van der Waals surface area (Å²) in [4.78, 5) is 3.10. The number of nitrogens with zero attached hydrogens (tertiary/aromatic N) is 3. The van der Waals surface area contributed by atoms with E-state index in [9.17, 15) is 18.1 Å². The second kappa shape index (κ2) is 10.1. The topological polar surface area (TPSA) is 96.0 Å². The maximum atomic E-state index is 14.0. The minimum absolute atomic E-state index is 0.0128. The molecule has 0 radical (unpaired) electrons. The summed E-state index contributed by atoms with van der Waals surface area (Å²) in [7, 11) is -3.84. The van der Waals surface area contributed by atoms with Gasteiger partial charge in [-0.15, -0.1) is 0 Å². The molecular formula is C24H25FN4O4S. The Bertz CT molecular complexity index is 1230. The average molecular weight is 485 g/mol. The molecule has 34 heavy (non-hydrogen) atoms. The number of rotatable bonds is 8. The Balaban J connectivity index is 1.49. The molecule has 1 N–H and O–H groups in total. The fraction of sp³-hybridized carbons (Fsp3) is 0.417. The molecule has 0 unspecified atom stereocenters. The highest BCUT2D eigenvalue weighted by Crippen LogP contribution is 2.36. The van der Waals surface area contributed by atoms with Crippen LogP contribution in [0.15, 0.2) is 47.4 Å². The molecule has 2 aromatic rings. The summed E-state index contributed by atoms with van der Waals surface area (Å²) in [5.41, 5.74) is -0.505. The molecule has 0 aliphatic carbocycles. The molecule has 0 aromatic heterocycles. The second-order valence-electron chi connectivity index (χ2n) is 8.66. The molecule has 2 aliphatic heterocycles. The standard InChI is InChI=1S/C24H25FN4O4S/c1-27-22-7-6-20(12-21(22)25)33-17-24(14-28-19-8-10-32-11-9-19)15-29(16-24)34(30,31)23-5-3-2-4-18(23)13-26/h2-7,12,19,28H,8-11,14-17H2. The van der Waals surface area contributed by atoms with E-state index >= 15 is 0 Å². The Morgan fingerprint density at radius 1 is 1.26 bits per heavy atom. The molecule has 4 rings (SSSR count). The molecule has 0 atom stereocenters. The van der Waals surface area contributed by atoms with Gasteiger partial charge in [0, 0.05) is 50.4 Å². The number of nitriles is 1. The van der Waals surface area contributed by atoms with Crippen molar-refractivity contribution in [3.63, 3.8) is 0 Å². The van der Waals surface area contributed by atoms with Crippen LogP contribution in [-0.4, -0.2) is 58.2 Å². The average Bonchev–Trinajstić information content (AvgIpc) is 2.83. The second-order valence-corrected chi connectivity index (χ2v) is 10.6. The largest absolute Gasteiger partial charge is 0.493 e. The van der Waals surface area contributed by atoms with Gasteiger partial charge in [0.25, 0.3) is 0 Å². The SMILES string of the molecule is [C-]#[N+]c1ccc(OCC2(CNC3CCOCC3)CN(S(=O)(=O)c3ccccc3C#N)C2)cc1F. The van der Waals surface area contributed by atoms with Crippen LogP contribution in [-0.2, 0) is 14.8 Å². The monoisotopic (exact) mass is 484 g/mol. The van der Waals surface area contributed by atoms with Crippen molar-refractivity contribution >= 4 is 15.7 Å². The maximum absolute atomic E-state index is 14.0. The van der Waals surface area contributed by atoms with Gasteiger partial charge in [-0.05, 0) is 37.1 Å². The van der Waals surface area contributed by atoms with E-state index in [1.807, 2.05) is 6.07 Å². The summed E-state index contributed by atoms with van der Waals surface area (Å²) in [6.07, 6.45) is 1.75. The summed E-state index contributed by atoms with van der Waals surface area (Å²) < 4.78 is 53.0. The molecule has 8 nitrogen and oxygen atoms in total. The Morgan fingerprint density at radius 3 is 2.68 bits per heavy atom. The minimum Gasteiger partial charge on any atom is -0.493 e. The maximum Gasteiger partial charge on any atom is 0.244 e. The Labute approximate surface area is 198 Å². The molecule has 0 spiro atoms. The van der Waals surface area contributed by atoms with Crippen LogP contribution in [0.25, 0.3) is 4.85 Å². The Hall–Kier alpha value is -3.02. The van der Waals surface area contributed by atoms with E-state index in [0.29, 0.717) is 19.8 Å². The number of benzene rings is 2. The van der Waals surface area contributed by atoms with Crippen LogP contribution in [0.3, 0.4) is 0 Å². The summed E-state index contributed by atoms with van der Waals surface area (Å²) >= 11 is 0. The van der Waals surface area contributed by atoms with E-state index in [1.165, 1.54) is 34.6 Å². The van der Waals surface area contributed by atoms with Gasteiger partial charge in [-0.3, -0.25) is 0 Å². The van der Waals surface area contributed by atoms with Crippen LogP contribution in [0.5, 0.6) is 5.75 Å². The van der Waals surface area contributed by atoms with Gasteiger partial charge < -0.3 is 14.8 Å². The molecule has 2 aromatic carbocycles. The zero-order valence-corrected chi connectivity index (χ0v) is 19.4. The number of sulfonamides is 1. The lowest BCUT2D eigenvalue weighted by molar-refractivity contribution is 0.0105. The highest BCUT2D eigenvalue weighted by Gasteiger charge is 2.49. The Morgan fingerprint density at radius 2 is 2.00 bits per heavy atom. The van der Waals surface area contributed by atoms with E-state index in [4.69, 9.17) is 16.0 Å². The number of halogens is 1. The van der Waals surface area contributed by atoms with E-state index < -0.39 is 21.3 Å². The molecule has 2 heterocycles. The van der Waals surface area contributed by atoms with Crippen LogP contribution in [0.2, 0.25) is 0 Å². The van der Waals surface area contributed by atoms with Crippen molar-refractivity contribution in [1.29, 1.82) is 5.26 Å². The van der Waals surface area contributed by atoms with Crippen molar-refractivity contribution in [2.45, 2.75) is 23.8 Å². The third-order valence-corrected chi connectivity index (χ3v) is 8.07. The van der Waals surface area contributed by atoms with Crippen LogP contribution < -0.4 is 10.1 Å². The first kappa shape index (κ1) is 24.1. The number of nitrogens with one attached hydrogen (secondary N) is 1. The van der Waals surface area contributed by atoms with Crippen molar-refractivity contribution in [3.8, 4) is 11.8 Å². The molecular weight excluding hydrogens is 459 g/mol. The molecule has 0 amide bonds. The lowest BCUT2D eigenvalue weighted by Crippen LogP contribution is -2.65. The first-order chi connectivity index (χ1) is 16.4. The number of ether oxygens (including phenoxy) is 2. The zero-order valence-electron chi connectivity index (χ0n) is 18.5. The van der Waals surface area contributed by atoms with Crippen LogP contribution in [0, 0.1) is 29.1 Å². The predicted molar refractivity (Wildman–Crippen MR) is 122 cm³/mol. The van der Waals surface area contributed by atoms with Crippen molar-refractivity contribution in [2.75, 3.05) is 39.5 Å². The smallest absolute Gasteiger partial charge is 0.244 e. The minimum atomic E-state index is -3.84. The lowest BCUT2D eigenvalue weighted by atomic mass is 9.82. The van der Waals surface area contributed by atoms with Gasteiger partial charge in [0.05, 0.1) is 23.6 Å². The predicted octanol–water partition coefficient (Wildman–Crippen LogP) is 3.09. The Kier molecular flexibility index (Phi) is 7.15.